The average molecular weight is 465 g/mol. The third-order valence-corrected chi connectivity index (χ3v) is 6.29. The lowest BCUT2D eigenvalue weighted by Gasteiger charge is -2.13. The number of hydrogen-bond donors (Lipinski definition) is 1. The zero-order valence-corrected chi connectivity index (χ0v) is 18.7. The van der Waals surface area contributed by atoms with Gasteiger partial charge in [-0.15, -0.1) is 0 Å². The molecule has 0 spiro atoms. The van der Waals surface area contributed by atoms with Gasteiger partial charge in [-0.1, -0.05) is 36.5 Å². The second-order valence-electron chi connectivity index (χ2n) is 7.22. The van der Waals surface area contributed by atoms with Crippen molar-refractivity contribution in [3.8, 4) is 11.4 Å². The Hall–Kier alpha value is -3.17. The number of pyridine rings is 3. The fourth-order valence-corrected chi connectivity index (χ4v) is 4.62. The number of rotatable bonds is 8. The third-order valence-electron chi connectivity index (χ3n) is 4.91. The van der Waals surface area contributed by atoms with Gasteiger partial charge < -0.3 is 5.11 Å². The number of aromatic nitrogens is 3. The van der Waals surface area contributed by atoms with Crippen LogP contribution in [0.3, 0.4) is 0 Å². The van der Waals surface area contributed by atoms with Gasteiger partial charge in [0.25, 0.3) is 5.91 Å². The van der Waals surface area contributed by atoms with Gasteiger partial charge in [-0.2, -0.15) is 0 Å². The maximum absolute atomic E-state index is 12.8. The van der Waals surface area contributed by atoms with Crippen LogP contribution in [0.5, 0.6) is 0 Å². The van der Waals surface area contributed by atoms with Gasteiger partial charge in [0.1, 0.15) is 4.32 Å². The van der Waals surface area contributed by atoms with E-state index in [4.69, 9.17) is 17.3 Å². The predicted octanol–water partition coefficient (Wildman–Crippen LogP) is 4.54. The quantitative estimate of drug-likeness (QED) is 0.295. The monoisotopic (exact) mass is 464 g/mol. The number of hydrogen-bond acceptors (Lipinski definition) is 7. The van der Waals surface area contributed by atoms with Crippen molar-refractivity contribution in [2.75, 3.05) is 6.54 Å². The maximum Gasteiger partial charge on any atom is 0.303 e. The number of carboxylic acids is 1. The van der Waals surface area contributed by atoms with Crippen molar-refractivity contribution < 1.29 is 14.7 Å². The van der Waals surface area contributed by atoms with Crippen molar-refractivity contribution in [2.24, 2.45) is 0 Å². The molecular formula is C23H20N4O3S2. The third kappa shape index (κ3) is 5.17. The highest BCUT2D eigenvalue weighted by atomic mass is 32.2. The summed E-state index contributed by atoms with van der Waals surface area (Å²) in [6.45, 7) is 0.490. The molecule has 0 radical (unpaired) electrons. The van der Waals surface area contributed by atoms with Crippen molar-refractivity contribution in [1.82, 2.24) is 19.9 Å². The lowest BCUT2D eigenvalue weighted by molar-refractivity contribution is -0.137. The molecule has 32 heavy (non-hydrogen) atoms. The number of thioether (sulfide) groups is 1. The van der Waals surface area contributed by atoms with E-state index in [9.17, 15) is 9.59 Å². The molecule has 0 aliphatic carbocycles. The number of aliphatic carboxylic acids is 1. The number of carbonyl (C=O) groups is 2. The highest BCUT2D eigenvalue weighted by molar-refractivity contribution is 8.26. The van der Waals surface area contributed by atoms with Crippen LogP contribution in [-0.4, -0.2) is 47.7 Å². The van der Waals surface area contributed by atoms with Gasteiger partial charge in [0.05, 0.1) is 33.0 Å². The molecule has 0 atom stereocenters. The molecular weight excluding hydrogens is 444 g/mol. The Labute approximate surface area is 194 Å². The van der Waals surface area contributed by atoms with E-state index in [1.807, 2.05) is 42.5 Å². The summed E-state index contributed by atoms with van der Waals surface area (Å²) in [5.74, 6) is -0.941. The molecule has 1 aliphatic heterocycles. The molecule has 3 aromatic rings. The minimum atomic E-state index is -0.802. The number of amides is 1. The first kappa shape index (κ1) is 22.0. The van der Waals surface area contributed by atoms with Gasteiger partial charge in [0.15, 0.2) is 0 Å². The predicted molar refractivity (Wildman–Crippen MR) is 129 cm³/mol. The molecule has 1 amide bonds. The van der Waals surface area contributed by atoms with Gasteiger partial charge in [-0.25, -0.2) is 9.97 Å². The zero-order chi connectivity index (χ0) is 22.5. The Kier molecular flexibility index (Phi) is 6.87. The normalized spacial score (nSPS) is 15.1. The van der Waals surface area contributed by atoms with Crippen LogP contribution in [0.1, 0.15) is 31.4 Å². The summed E-state index contributed by atoms with van der Waals surface area (Å²) < 4.78 is 0.513. The fourth-order valence-electron chi connectivity index (χ4n) is 3.32. The van der Waals surface area contributed by atoms with Crippen LogP contribution in [0.15, 0.2) is 53.6 Å². The van der Waals surface area contributed by atoms with Crippen LogP contribution in [0.2, 0.25) is 0 Å². The summed E-state index contributed by atoms with van der Waals surface area (Å²) in [5, 5.41) is 8.71. The molecule has 0 saturated carbocycles. The van der Waals surface area contributed by atoms with Crippen molar-refractivity contribution >= 4 is 57.3 Å². The Balaban J connectivity index is 1.47. The van der Waals surface area contributed by atoms with Crippen LogP contribution in [-0.2, 0) is 9.59 Å². The van der Waals surface area contributed by atoms with E-state index in [0.29, 0.717) is 40.0 Å². The minimum Gasteiger partial charge on any atom is -0.481 e. The molecule has 0 bridgehead atoms. The summed E-state index contributed by atoms with van der Waals surface area (Å²) in [6, 6.07) is 13.1. The molecule has 162 valence electrons. The lowest BCUT2D eigenvalue weighted by Crippen LogP contribution is -2.29. The largest absolute Gasteiger partial charge is 0.481 e. The van der Waals surface area contributed by atoms with Crippen molar-refractivity contribution in [2.45, 2.75) is 25.7 Å². The Morgan fingerprint density at radius 1 is 1.03 bits per heavy atom. The molecule has 7 nitrogen and oxygen atoms in total. The molecule has 3 aromatic heterocycles. The van der Waals surface area contributed by atoms with Crippen molar-refractivity contribution in [1.29, 1.82) is 0 Å². The second-order valence-corrected chi connectivity index (χ2v) is 8.90. The smallest absolute Gasteiger partial charge is 0.303 e. The van der Waals surface area contributed by atoms with Crippen molar-refractivity contribution in [3.63, 3.8) is 0 Å². The molecule has 1 fully saturated rings. The van der Waals surface area contributed by atoms with Crippen LogP contribution < -0.4 is 0 Å². The maximum atomic E-state index is 12.8. The molecule has 1 N–H and O–H groups in total. The number of carboxylic acid groups (broad SMARTS) is 1. The van der Waals surface area contributed by atoms with Gasteiger partial charge in [-0.3, -0.25) is 19.5 Å². The van der Waals surface area contributed by atoms with E-state index in [1.165, 1.54) is 11.8 Å². The van der Waals surface area contributed by atoms with Crippen LogP contribution in [0.4, 0.5) is 0 Å². The van der Waals surface area contributed by atoms with E-state index < -0.39 is 5.97 Å². The first-order valence-corrected chi connectivity index (χ1v) is 11.4. The highest BCUT2D eigenvalue weighted by Gasteiger charge is 2.31. The fraction of sp³-hybridized carbons (Fsp3) is 0.217. The van der Waals surface area contributed by atoms with Gasteiger partial charge in [0.2, 0.25) is 0 Å². The van der Waals surface area contributed by atoms with E-state index >= 15 is 0 Å². The van der Waals surface area contributed by atoms with Gasteiger partial charge in [0, 0.05) is 19.2 Å². The minimum absolute atomic E-state index is 0.139. The summed E-state index contributed by atoms with van der Waals surface area (Å²) in [5.41, 5.74) is 3.70. The van der Waals surface area contributed by atoms with Gasteiger partial charge in [-0.05, 0) is 55.3 Å². The number of fused-ring (bicyclic) bond motifs is 1. The van der Waals surface area contributed by atoms with E-state index in [-0.39, 0.29) is 12.3 Å². The SMILES string of the molecule is O=C(O)CCCCCN1C(=O)C(=Cc2cccc(-c3ccc4ncccc4n3)n2)SC1=S. The number of nitrogens with zero attached hydrogens (tertiary/aromatic N) is 4. The molecule has 9 heteroatoms. The molecule has 4 rings (SSSR count). The second kappa shape index (κ2) is 9.97. The first-order chi connectivity index (χ1) is 15.5. The number of carbonyl (C=O) groups excluding carboxylic acids is 1. The average Bonchev–Trinajstić information content (AvgIpc) is 3.05. The van der Waals surface area contributed by atoms with E-state index in [2.05, 4.69) is 15.0 Å². The lowest BCUT2D eigenvalue weighted by atomic mass is 10.2. The summed E-state index contributed by atoms with van der Waals surface area (Å²) in [6.07, 6.45) is 5.66. The molecule has 4 heterocycles. The van der Waals surface area contributed by atoms with Gasteiger partial charge >= 0.3 is 5.97 Å². The zero-order valence-electron chi connectivity index (χ0n) is 17.1. The van der Waals surface area contributed by atoms with E-state index in [1.54, 1.807) is 17.2 Å². The molecule has 1 saturated heterocycles. The topological polar surface area (TPSA) is 96.3 Å². The summed E-state index contributed by atoms with van der Waals surface area (Å²) >= 11 is 6.63. The first-order valence-electron chi connectivity index (χ1n) is 10.2. The molecule has 0 unspecified atom stereocenters. The van der Waals surface area contributed by atoms with E-state index in [0.717, 1.165) is 23.1 Å². The summed E-state index contributed by atoms with van der Waals surface area (Å²) in [4.78, 5) is 39.1. The van der Waals surface area contributed by atoms with Crippen LogP contribution in [0, 0.1) is 0 Å². The molecule has 1 aliphatic rings. The number of thiocarbonyl (C=S) groups is 1. The van der Waals surface area contributed by atoms with Crippen LogP contribution in [0.25, 0.3) is 28.5 Å². The Morgan fingerprint density at radius 2 is 1.88 bits per heavy atom. The number of unbranched alkanes of at least 4 members (excludes halogenated alkanes) is 2. The highest BCUT2D eigenvalue weighted by Crippen LogP contribution is 2.32. The van der Waals surface area contributed by atoms with Crippen LogP contribution >= 0.6 is 24.0 Å². The standard InChI is InChI=1S/C23H20N4O3S2/c28-21(29)9-2-1-3-13-27-22(30)20(32-23(27)31)14-15-6-4-7-18(25-15)19-11-10-16-17(26-19)8-5-12-24-16/h4-8,10-12,14H,1-3,9,13H2,(H,28,29). The Morgan fingerprint density at radius 3 is 2.72 bits per heavy atom. The Bertz CT molecular complexity index is 1230. The van der Waals surface area contributed by atoms with Crippen molar-refractivity contribution in [3.05, 3.63) is 59.3 Å². The molecule has 0 aromatic carbocycles. The summed E-state index contributed by atoms with van der Waals surface area (Å²) in [7, 11) is 0.